The smallest absolute Gasteiger partial charge is 0.241 e. The van der Waals surface area contributed by atoms with Gasteiger partial charge in [-0.3, -0.25) is 10.1 Å². The molecule has 3 atom stereocenters. The fourth-order valence-corrected chi connectivity index (χ4v) is 3.80. The topological polar surface area (TPSA) is 41.6 Å². The molecule has 4 nitrogen and oxygen atoms in total. The molecule has 1 heterocycles. The first-order valence-corrected chi connectivity index (χ1v) is 8.30. The maximum Gasteiger partial charge on any atom is 0.241 e. The number of nitrogens with zero attached hydrogens (tertiary/aromatic N) is 1. The SMILES string of the molecule is CCCC1NC(C2CCCC2)N(C(CC)COC)C1=O. The highest BCUT2D eigenvalue weighted by atomic mass is 16.5. The number of amides is 1. The molecular weight excluding hydrogens is 252 g/mol. The molecular formula is C16H30N2O2. The summed E-state index contributed by atoms with van der Waals surface area (Å²) >= 11 is 0. The Labute approximate surface area is 123 Å². The third-order valence-corrected chi connectivity index (χ3v) is 4.87. The van der Waals surface area contributed by atoms with Crippen LogP contribution in [0, 0.1) is 5.92 Å². The molecule has 0 bridgehead atoms. The molecule has 2 aliphatic rings. The Balaban J connectivity index is 2.14. The molecule has 1 aliphatic carbocycles. The maximum absolute atomic E-state index is 12.7. The van der Waals surface area contributed by atoms with Gasteiger partial charge in [-0.15, -0.1) is 0 Å². The Morgan fingerprint density at radius 1 is 1.35 bits per heavy atom. The van der Waals surface area contributed by atoms with Crippen molar-refractivity contribution in [2.45, 2.75) is 77.0 Å². The van der Waals surface area contributed by atoms with E-state index in [1.165, 1.54) is 25.7 Å². The van der Waals surface area contributed by atoms with Gasteiger partial charge in [0, 0.05) is 7.11 Å². The summed E-state index contributed by atoms with van der Waals surface area (Å²) in [6.45, 7) is 4.94. The van der Waals surface area contributed by atoms with E-state index in [0.29, 0.717) is 18.4 Å². The Kier molecular flexibility index (Phi) is 5.85. The van der Waals surface area contributed by atoms with E-state index in [1.807, 2.05) is 0 Å². The molecule has 4 heteroatoms. The standard InChI is InChI=1S/C16H30N2O2/c1-4-8-14-16(19)18(13(5-2)11-20-3)15(17-14)12-9-6-7-10-12/h12-15,17H,4-11H2,1-3H3. The summed E-state index contributed by atoms with van der Waals surface area (Å²) in [5.74, 6) is 0.930. The molecule has 0 aromatic rings. The third-order valence-electron chi connectivity index (χ3n) is 4.87. The van der Waals surface area contributed by atoms with Crippen molar-refractivity contribution < 1.29 is 9.53 Å². The van der Waals surface area contributed by atoms with Crippen molar-refractivity contribution in [3.8, 4) is 0 Å². The van der Waals surface area contributed by atoms with Gasteiger partial charge in [0.05, 0.1) is 24.9 Å². The summed E-state index contributed by atoms with van der Waals surface area (Å²) in [5, 5.41) is 3.63. The summed E-state index contributed by atoms with van der Waals surface area (Å²) in [6.07, 6.45) is 8.32. The maximum atomic E-state index is 12.7. The van der Waals surface area contributed by atoms with Crippen LogP contribution in [0.4, 0.5) is 0 Å². The Bertz CT molecular complexity index is 316. The van der Waals surface area contributed by atoms with Crippen molar-refractivity contribution in [3.05, 3.63) is 0 Å². The fourth-order valence-electron chi connectivity index (χ4n) is 3.80. The van der Waals surface area contributed by atoms with E-state index in [1.54, 1.807) is 7.11 Å². The first-order valence-electron chi connectivity index (χ1n) is 8.30. The van der Waals surface area contributed by atoms with Gasteiger partial charge in [0.25, 0.3) is 0 Å². The molecule has 0 radical (unpaired) electrons. The number of hydrogen-bond donors (Lipinski definition) is 1. The zero-order chi connectivity index (χ0) is 14.5. The highest BCUT2D eigenvalue weighted by molar-refractivity contribution is 5.84. The van der Waals surface area contributed by atoms with Crippen LogP contribution in [0.25, 0.3) is 0 Å². The minimum absolute atomic E-state index is 0.0245. The molecule has 0 aromatic heterocycles. The van der Waals surface area contributed by atoms with E-state index in [2.05, 4.69) is 24.1 Å². The van der Waals surface area contributed by atoms with Crippen molar-refractivity contribution in [3.63, 3.8) is 0 Å². The van der Waals surface area contributed by atoms with Crippen LogP contribution in [-0.4, -0.2) is 42.8 Å². The average Bonchev–Trinajstić information content (AvgIpc) is 3.06. The number of rotatable bonds is 7. The van der Waals surface area contributed by atoms with Gasteiger partial charge in [0.2, 0.25) is 5.91 Å². The van der Waals surface area contributed by atoms with Crippen molar-refractivity contribution in [2.75, 3.05) is 13.7 Å². The number of methoxy groups -OCH3 is 1. The van der Waals surface area contributed by atoms with Gasteiger partial charge in [0.15, 0.2) is 0 Å². The molecule has 0 aromatic carbocycles. The number of carbonyl (C=O) groups is 1. The summed E-state index contributed by atoms with van der Waals surface area (Å²) < 4.78 is 5.34. The van der Waals surface area contributed by atoms with Crippen molar-refractivity contribution in [2.24, 2.45) is 5.92 Å². The molecule has 1 aliphatic heterocycles. The molecule has 1 saturated carbocycles. The Morgan fingerprint density at radius 3 is 2.60 bits per heavy atom. The van der Waals surface area contributed by atoms with Crippen molar-refractivity contribution in [1.82, 2.24) is 10.2 Å². The molecule has 1 amide bonds. The normalized spacial score (nSPS) is 29.4. The van der Waals surface area contributed by atoms with Gasteiger partial charge in [0.1, 0.15) is 0 Å². The molecule has 0 spiro atoms. The van der Waals surface area contributed by atoms with E-state index in [4.69, 9.17) is 4.74 Å². The van der Waals surface area contributed by atoms with Crippen LogP contribution < -0.4 is 5.32 Å². The average molecular weight is 282 g/mol. The third kappa shape index (κ3) is 3.17. The second-order valence-corrected chi connectivity index (χ2v) is 6.26. The van der Waals surface area contributed by atoms with Gasteiger partial charge >= 0.3 is 0 Å². The van der Waals surface area contributed by atoms with Gasteiger partial charge < -0.3 is 9.64 Å². The molecule has 20 heavy (non-hydrogen) atoms. The van der Waals surface area contributed by atoms with Crippen molar-refractivity contribution >= 4 is 5.91 Å². The lowest BCUT2D eigenvalue weighted by atomic mass is 10.0. The van der Waals surface area contributed by atoms with Gasteiger partial charge in [-0.2, -0.15) is 0 Å². The highest BCUT2D eigenvalue weighted by Gasteiger charge is 2.45. The van der Waals surface area contributed by atoms with Gasteiger partial charge in [-0.05, 0) is 31.6 Å². The molecule has 116 valence electrons. The minimum atomic E-state index is 0.0245. The molecule has 1 N–H and O–H groups in total. The summed E-state index contributed by atoms with van der Waals surface area (Å²) in [5.41, 5.74) is 0. The van der Waals surface area contributed by atoms with Crippen LogP contribution in [0.1, 0.15) is 58.8 Å². The van der Waals surface area contributed by atoms with E-state index in [9.17, 15) is 4.79 Å². The van der Waals surface area contributed by atoms with E-state index >= 15 is 0 Å². The Morgan fingerprint density at radius 2 is 2.05 bits per heavy atom. The van der Waals surface area contributed by atoms with Crippen LogP contribution in [-0.2, 0) is 9.53 Å². The van der Waals surface area contributed by atoms with Gasteiger partial charge in [-0.25, -0.2) is 0 Å². The highest BCUT2D eigenvalue weighted by Crippen LogP contribution is 2.34. The lowest BCUT2D eigenvalue weighted by Crippen LogP contribution is -2.49. The van der Waals surface area contributed by atoms with Crippen LogP contribution in [0.15, 0.2) is 0 Å². The zero-order valence-electron chi connectivity index (χ0n) is 13.2. The first-order chi connectivity index (χ1) is 9.72. The monoisotopic (exact) mass is 282 g/mol. The summed E-state index contributed by atoms with van der Waals surface area (Å²) in [7, 11) is 1.73. The van der Waals surface area contributed by atoms with E-state index < -0.39 is 0 Å². The van der Waals surface area contributed by atoms with Crippen LogP contribution in [0.5, 0.6) is 0 Å². The quantitative estimate of drug-likeness (QED) is 0.780. The van der Waals surface area contributed by atoms with Crippen LogP contribution in [0.2, 0.25) is 0 Å². The van der Waals surface area contributed by atoms with E-state index in [-0.39, 0.29) is 18.2 Å². The lowest BCUT2D eigenvalue weighted by Gasteiger charge is -2.35. The Hall–Kier alpha value is -0.610. The van der Waals surface area contributed by atoms with Crippen LogP contribution >= 0.6 is 0 Å². The fraction of sp³-hybridized carbons (Fsp3) is 0.938. The lowest BCUT2D eigenvalue weighted by molar-refractivity contribution is -0.134. The second kappa shape index (κ2) is 7.41. The number of ether oxygens (including phenoxy) is 1. The first kappa shape index (κ1) is 15.8. The van der Waals surface area contributed by atoms with Crippen molar-refractivity contribution in [1.29, 1.82) is 0 Å². The van der Waals surface area contributed by atoms with Gasteiger partial charge in [-0.1, -0.05) is 33.1 Å². The summed E-state index contributed by atoms with van der Waals surface area (Å²) in [6, 6.07) is 0.240. The molecule has 3 unspecified atom stereocenters. The molecule has 1 saturated heterocycles. The zero-order valence-corrected chi connectivity index (χ0v) is 13.2. The molecule has 2 rings (SSSR count). The summed E-state index contributed by atoms with van der Waals surface area (Å²) in [4.78, 5) is 14.9. The number of hydrogen-bond acceptors (Lipinski definition) is 3. The number of nitrogens with one attached hydrogen (secondary N) is 1. The second-order valence-electron chi connectivity index (χ2n) is 6.26. The van der Waals surface area contributed by atoms with E-state index in [0.717, 1.165) is 19.3 Å². The molecule has 2 fully saturated rings. The minimum Gasteiger partial charge on any atom is -0.383 e. The predicted molar refractivity (Wildman–Crippen MR) is 80.4 cm³/mol. The largest absolute Gasteiger partial charge is 0.383 e. The number of carbonyl (C=O) groups excluding carboxylic acids is 1. The predicted octanol–water partition coefficient (Wildman–Crippen LogP) is 2.53. The van der Waals surface area contributed by atoms with Crippen LogP contribution in [0.3, 0.4) is 0 Å².